The van der Waals surface area contributed by atoms with Gasteiger partial charge >= 0.3 is 136 Å². The molecule has 2 N–H and O–H groups in total. The fourth-order valence-electron chi connectivity index (χ4n) is 3.88. The number of nitrogens with one attached hydrogen (secondary N) is 2. The van der Waals surface area contributed by atoms with Gasteiger partial charge in [-0.3, -0.25) is 0 Å². The summed E-state index contributed by atoms with van der Waals surface area (Å²) in [5, 5.41) is 7.49. The molecule has 0 aromatic carbocycles. The van der Waals surface area contributed by atoms with Crippen LogP contribution in [0.15, 0.2) is 23.9 Å². The zero-order chi connectivity index (χ0) is 15.8. The molecule has 0 bridgehead atoms. The number of rotatable bonds is 3. The molecule has 0 amide bonds. The first kappa shape index (κ1) is 18.4. The topological polar surface area (TPSA) is 24.1 Å². The molecular weight excluding hydrogens is 358 g/mol. The van der Waals surface area contributed by atoms with Crippen molar-refractivity contribution < 1.29 is 18.7 Å². The standard InChI is InChI=1S/C16H31N2P.Pd/c1-14(2,3)19(15(4,5)6)16(18-8)11-9-13(17-7)10-12-16;/h9-11,17-18H,12H2,1-8H3;/q;-1/p+1. The average molecular weight is 390 g/mol. The van der Waals surface area contributed by atoms with E-state index in [0.717, 1.165) is 6.42 Å². The van der Waals surface area contributed by atoms with Gasteiger partial charge in [0.2, 0.25) is 0 Å². The van der Waals surface area contributed by atoms with Crippen LogP contribution in [0.5, 0.6) is 0 Å². The number of hydrogen-bond acceptors (Lipinski definition) is 2. The molecule has 1 aliphatic rings. The molecule has 0 saturated heterocycles. The van der Waals surface area contributed by atoms with Gasteiger partial charge in [-0.15, -0.1) is 0 Å². The van der Waals surface area contributed by atoms with Gasteiger partial charge in [0.1, 0.15) is 0 Å². The van der Waals surface area contributed by atoms with Crippen LogP contribution >= 0.6 is 5.45 Å². The van der Waals surface area contributed by atoms with Gasteiger partial charge in [0.15, 0.2) is 0 Å². The molecule has 1 unspecified atom stereocenters. The molecule has 2 nitrogen and oxygen atoms in total. The van der Waals surface area contributed by atoms with Crippen molar-refractivity contribution >= 4 is 5.45 Å². The Balaban J connectivity index is 3.41. The van der Waals surface area contributed by atoms with Crippen LogP contribution in [0.2, 0.25) is 0 Å². The van der Waals surface area contributed by atoms with E-state index in [0.29, 0.717) is 0 Å². The molecular formula is C16H32N2PPd. The minimum absolute atomic E-state index is 0.0483. The van der Waals surface area contributed by atoms with E-state index >= 15 is 0 Å². The van der Waals surface area contributed by atoms with Gasteiger partial charge in [-0.1, -0.05) is 0 Å². The van der Waals surface area contributed by atoms with Crippen LogP contribution in [-0.2, 0) is 18.7 Å². The molecule has 0 radical (unpaired) electrons. The summed E-state index contributed by atoms with van der Waals surface area (Å²) < 4.78 is 0. The summed E-state index contributed by atoms with van der Waals surface area (Å²) in [4.78, 5) is 0. The maximum atomic E-state index is 3.97. The van der Waals surface area contributed by atoms with Crippen molar-refractivity contribution in [1.29, 1.82) is 0 Å². The average Bonchev–Trinajstić information content (AvgIpc) is 2.35. The van der Waals surface area contributed by atoms with Crippen molar-refractivity contribution in [1.82, 2.24) is 10.6 Å². The molecule has 0 aromatic heterocycles. The van der Waals surface area contributed by atoms with Crippen LogP contribution in [0.1, 0.15) is 48.0 Å². The molecule has 1 aliphatic carbocycles. The van der Waals surface area contributed by atoms with Crippen LogP contribution in [-0.4, -0.2) is 29.7 Å². The van der Waals surface area contributed by atoms with Gasteiger partial charge in [0, 0.05) is 0 Å². The summed E-state index contributed by atoms with van der Waals surface area (Å²) in [5.41, 5.74) is -0.650. The Kier molecular flexibility index (Phi) is 5.37. The van der Waals surface area contributed by atoms with E-state index in [1.807, 2.05) is 7.05 Å². The minimum atomic E-state index is -1.86. The quantitative estimate of drug-likeness (QED) is 0.567. The third-order valence-electron chi connectivity index (χ3n) is 4.49. The Morgan fingerprint density at radius 1 is 1.10 bits per heavy atom. The molecule has 0 aromatic rings. The maximum absolute atomic E-state index is 3.97. The summed E-state index contributed by atoms with van der Waals surface area (Å²) in [6, 6.07) is 0. The first-order valence-corrected chi connectivity index (χ1v) is 11.5. The van der Waals surface area contributed by atoms with Crippen molar-refractivity contribution in [2.75, 3.05) is 14.1 Å². The third kappa shape index (κ3) is 2.80. The predicted octanol–water partition coefficient (Wildman–Crippen LogP) is 3.77. The summed E-state index contributed by atoms with van der Waals surface area (Å²) in [6.45, 7) is 14.3. The summed E-state index contributed by atoms with van der Waals surface area (Å²) >= 11 is 3.97. The monoisotopic (exact) mass is 389 g/mol. The summed E-state index contributed by atoms with van der Waals surface area (Å²) in [6.07, 6.45) is 7.99. The van der Waals surface area contributed by atoms with E-state index in [9.17, 15) is 0 Å². The predicted molar refractivity (Wildman–Crippen MR) is 90.5 cm³/mol. The Morgan fingerprint density at radius 2 is 1.60 bits per heavy atom. The first-order chi connectivity index (χ1) is 8.95. The van der Waals surface area contributed by atoms with Crippen LogP contribution < -0.4 is 10.6 Å². The van der Waals surface area contributed by atoms with E-state index in [1.54, 1.807) is 0 Å². The van der Waals surface area contributed by atoms with E-state index < -0.39 is 5.45 Å². The van der Waals surface area contributed by atoms with Gasteiger partial charge < -0.3 is 0 Å². The van der Waals surface area contributed by atoms with Crippen molar-refractivity contribution in [3.63, 3.8) is 0 Å². The van der Waals surface area contributed by atoms with Crippen molar-refractivity contribution in [3.8, 4) is 0 Å². The van der Waals surface area contributed by atoms with Gasteiger partial charge in [-0.05, 0) is 0 Å². The molecule has 1 atom stereocenters. The van der Waals surface area contributed by atoms with E-state index in [1.165, 1.54) is 5.70 Å². The normalized spacial score (nSPS) is 25.4. The Morgan fingerprint density at radius 3 is 1.85 bits per heavy atom. The molecule has 1 rings (SSSR count). The zero-order valence-corrected chi connectivity index (χ0v) is 16.8. The van der Waals surface area contributed by atoms with Crippen LogP contribution in [0.3, 0.4) is 0 Å². The molecule has 0 aliphatic heterocycles. The molecule has 0 fully saturated rings. The fraction of sp³-hybridized carbons (Fsp3) is 0.750. The second kappa shape index (κ2) is 5.85. The number of hydrogen-bond donors (Lipinski definition) is 2. The molecule has 0 heterocycles. The van der Waals surface area contributed by atoms with Crippen LogP contribution in [0, 0.1) is 0 Å². The first-order valence-electron chi connectivity index (χ1n) is 7.37. The second-order valence-electron chi connectivity index (χ2n) is 7.78. The Hall–Kier alpha value is 0.332. The molecule has 20 heavy (non-hydrogen) atoms. The third-order valence-corrected chi connectivity index (χ3v) is 19.3. The molecule has 121 valence electrons. The van der Waals surface area contributed by atoms with Crippen LogP contribution in [0.4, 0.5) is 0 Å². The Labute approximate surface area is 136 Å². The Bertz CT molecular complexity index is 401. The van der Waals surface area contributed by atoms with Gasteiger partial charge in [0.05, 0.1) is 0 Å². The number of allylic oxidation sites excluding steroid dienone is 1. The summed E-state index contributed by atoms with van der Waals surface area (Å²) in [5.74, 6) is 0. The molecule has 0 saturated carbocycles. The van der Waals surface area contributed by atoms with Gasteiger partial charge in [-0.25, -0.2) is 0 Å². The SMILES string of the molecule is CNC1=CCC(NC)([PH]([Pd])(C(C)(C)C)C(C)(C)C)C=C1. The van der Waals surface area contributed by atoms with E-state index in [4.69, 9.17) is 0 Å². The fourth-order valence-corrected chi connectivity index (χ4v) is 11.3. The van der Waals surface area contributed by atoms with Crippen molar-refractivity contribution in [2.45, 2.75) is 63.6 Å². The number of likely N-dealkylation sites (N-methyl/N-ethyl adjacent to an activating group) is 2. The molecule has 4 heteroatoms. The second-order valence-corrected chi connectivity index (χ2v) is 16.4. The summed E-state index contributed by atoms with van der Waals surface area (Å²) in [7, 11) is 4.09. The molecule has 0 spiro atoms. The van der Waals surface area contributed by atoms with Gasteiger partial charge in [0.25, 0.3) is 0 Å². The van der Waals surface area contributed by atoms with Crippen LogP contribution in [0.25, 0.3) is 0 Å². The van der Waals surface area contributed by atoms with Crippen molar-refractivity contribution in [2.24, 2.45) is 0 Å². The van der Waals surface area contributed by atoms with E-state index in [2.05, 4.69) is 96.2 Å². The van der Waals surface area contributed by atoms with Gasteiger partial charge in [-0.2, -0.15) is 0 Å². The zero-order valence-electron chi connectivity index (χ0n) is 14.3. The van der Waals surface area contributed by atoms with Crippen molar-refractivity contribution in [3.05, 3.63) is 23.9 Å². The van der Waals surface area contributed by atoms with E-state index in [-0.39, 0.29) is 15.6 Å².